The SMILES string of the molecule is C[S+](C)CC#CCOC(=O)Nc1ccc(Cl)cc1.[O-][Cl+3]([O-])([O-])[O-]. The summed E-state index contributed by atoms with van der Waals surface area (Å²) in [5.41, 5.74) is 0.640. The molecule has 1 amide bonds. The second kappa shape index (κ2) is 11.4. The van der Waals surface area contributed by atoms with Crippen LogP contribution in [0.5, 0.6) is 0 Å². The van der Waals surface area contributed by atoms with E-state index in [2.05, 4.69) is 29.7 Å². The molecule has 1 N–H and O–H groups in total. The zero-order chi connectivity index (χ0) is 17.9. The van der Waals surface area contributed by atoms with E-state index in [1.54, 1.807) is 24.3 Å². The van der Waals surface area contributed by atoms with Crippen molar-refractivity contribution in [3.63, 3.8) is 0 Å². The van der Waals surface area contributed by atoms with Crippen LogP contribution in [0.25, 0.3) is 0 Å². The summed E-state index contributed by atoms with van der Waals surface area (Å²) >= 11 is 5.73. The van der Waals surface area contributed by atoms with Crippen LogP contribution in [-0.2, 0) is 15.6 Å². The molecule has 0 bridgehead atoms. The predicted molar refractivity (Wildman–Crippen MR) is 78.3 cm³/mol. The number of carbonyl (C=O) groups excluding carboxylic acids is 1. The van der Waals surface area contributed by atoms with E-state index in [1.165, 1.54) is 0 Å². The summed E-state index contributed by atoms with van der Waals surface area (Å²) in [6.45, 7) is 0.108. The molecule has 1 aromatic carbocycles. The number of rotatable bonds is 3. The van der Waals surface area contributed by atoms with Crippen LogP contribution < -0.4 is 24.0 Å². The van der Waals surface area contributed by atoms with Crippen LogP contribution in [0.3, 0.4) is 0 Å². The Morgan fingerprint density at radius 1 is 1.22 bits per heavy atom. The first-order chi connectivity index (χ1) is 10.6. The highest BCUT2D eigenvalue weighted by Gasteiger charge is 2.01. The molecule has 128 valence electrons. The smallest absolute Gasteiger partial charge is 0.412 e. The highest BCUT2D eigenvalue weighted by molar-refractivity contribution is 7.95. The van der Waals surface area contributed by atoms with Gasteiger partial charge in [-0.15, -0.1) is 10.2 Å². The zero-order valence-corrected chi connectivity index (χ0v) is 14.7. The molecule has 0 fully saturated rings. The monoisotopic (exact) mass is 383 g/mol. The highest BCUT2D eigenvalue weighted by atomic mass is 35.7. The number of ether oxygens (including phenoxy) is 1. The maximum Gasteiger partial charge on any atom is 0.412 e. The van der Waals surface area contributed by atoms with Crippen molar-refractivity contribution in [1.29, 1.82) is 0 Å². The number of halogens is 2. The molecule has 0 saturated heterocycles. The maximum absolute atomic E-state index is 11.4. The molecular weight excluding hydrogens is 369 g/mol. The van der Waals surface area contributed by atoms with Crippen molar-refractivity contribution >= 4 is 34.3 Å². The van der Waals surface area contributed by atoms with Gasteiger partial charge >= 0.3 is 6.09 Å². The van der Waals surface area contributed by atoms with Crippen LogP contribution in [-0.4, -0.2) is 31.0 Å². The number of hydrogen-bond acceptors (Lipinski definition) is 6. The normalized spacial score (nSPS) is 10.1. The summed E-state index contributed by atoms with van der Waals surface area (Å²) in [7, 11) is -4.65. The lowest BCUT2D eigenvalue weighted by Crippen LogP contribution is -2.68. The number of benzene rings is 1. The molecule has 0 aromatic heterocycles. The van der Waals surface area contributed by atoms with Crippen molar-refractivity contribution in [2.24, 2.45) is 0 Å². The van der Waals surface area contributed by atoms with Crippen molar-refractivity contribution < 1.29 is 38.4 Å². The van der Waals surface area contributed by atoms with E-state index in [4.69, 9.17) is 35.0 Å². The van der Waals surface area contributed by atoms with Gasteiger partial charge in [0, 0.05) is 10.7 Å². The third-order valence-electron chi connectivity index (χ3n) is 1.85. The van der Waals surface area contributed by atoms with Gasteiger partial charge in [0.25, 0.3) is 0 Å². The highest BCUT2D eigenvalue weighted by Crippen LogP contribution is 2.13. The topological polar surface area (TPSA) is 131 Å². The van der Waals surface area contributed by atoms with Crippen molar-refractivity contribution in [2.45, 2.75) is 0 Å². The molecular formula is C13H15Cl2NO6S. The molecule has 1 aromatic rings. The third-order valence-corrected chi connectivity index (χ3v) is 2.83. The maximum atomic E-state index is 11.4. The molecule has 0 unspecified atom stereocenters. The average Bonchev–Trinajstić information content (AvgIpc) is 2.39. The lowest BCUT2D eigenvalue weighted by Gasteiger charge is -2.17. The number of nitrogens with one attached hydrogen (secondary N) is 1. The molecule has 0 aliphatic rings. The van der Waals surface area contributed by atoms with Gasteiger partial charge in [0.15, 0.2) is 12.4 Å². The van der Waals surface area contributed by atoms with Crippen LogP contribution in [0, 0.1) is 22.1 Å². The molecule has 0 atom stereocenters. The fraction of sp³-hybridized carbons (Fsp3) is 0.308. The number of amides is 1. The van der Waals surface area contributed by atoms with Crippen LogP contribution in [0.15, 0.2) is 24.3 Å². The Morgan fingerprint density at radius 2 is 1.74 bits per heavy atom. The Bertz CT molecular complexity index is 530. The summed E-state index contributed by atoms with van der Waals surface area (Å²) in [6.07, 6.45) is 3.71. The van der Waals surface area contributed by atoms with Crippen molar-refractivity contribution in [3.05, 3.63) is 29.3 Å². The van der Waals surface area contributed by atoms with Gasteiger partial charge in [-0.3, -0.25) is 5.32 Å². The molecule has 0 radical (unpaired) electrons. The summed E-state index contributed by atoms with van der Waals surface area (Å²) in [4.78, 5) is 11.4. The minimum atomic E-state index is -4.94. The molecule has 1 rings (SSSR count). The third kappa shape index (κ3) is 17.0. The molecule has 0 spiro atoms. The Kier molecular flexibility index (Phi) is 10.8. The Morgan fingerprint density at radius 3 is 2.22 bits per heavy atom. The molecule has 0 saturated carbocycles. The molecule has 23 heavy (non-hydrogen) atoms. The van der Waals surface area contributed by atoms with Crippen LogP contribution in [0.2, 0.25) is 5.02 Å². The van der Waals surface area contributed by atoms with Gasteiger partial charge in [-0.2, -0.15) is 0 Å². The van der Waals surface area contributed by atoms with Gasteiger partial charge in [0.2, 0.25) is 0 Å². The lowest BCUT2D eigenvalue weighted by molar-refractivity contribution is -2.00. The van der Waals surface area contributed by atoms with Gasteiger partial charge in [0.1, 0.15) is 0 Å². The second-order valence-electron chi connectivity index (χ2n) is 4.07. The molecule has 0 heterocycles. The summed E-state index contributed by atoms with van der Waals surface area (Å²) < 4.78 is 38.9. The quantitative estimate of drug-likeness (QED) is 0.475. The van der Waals surface area contributed by atoms with E-state index in [-0.39, 0.29) is 6.61 Å². The van der Waals surface area contributed by atoms with Crippen LogP contribution in [0.4, 0.5) is 10.5 Å². The predicted octanol–water partition coefficient (Wildman–Crippen LogP) is -1.99. The number of carbonyl (C=O) groups is 1. The van der Waals surface area contributed by atoms with Crippen LogP contribution in [0.1, 0.15) is 0 Å². The average molecular weight is 384 g/mol. The van der Waals surface area contributed by atoms with E-state index in [0.717, 1.165) is 5.75 Å². The molecule has 0 aliphatic carbocycles. The minimum Gasteiger partial charge on any atom is -0.436 e. The van der Waals surface area contributed by atoms with Crippen molar-refractivity contribution in [1.82, 2.24) is 0 Å². The zero-order valence-electron chi connectivity index (χ0n) is 12.3. The Balaban J connectivity index is 0.000000841. The van der Waals surface area contributed by atoms with E-state index < -0.39 is 16.3 Å². The number of hydrogen-bond donors (Lipinski definition) is 1. The van der Waals surface area contributed by atoms with E-state index in [0.29, 0.717) is 21.6 Å². The Labute approximate surface area is 144 Å². The minimum absolute atomic E-state index is 0.108. The van der Waals surface area contributed by atoms with Crippen molar-refractivity contribution in [2.75, 3.05) is 30.2 Å². The second-order valence-corrected chi connectivity index (χ2v) is 7.52. The van der Waals surface area contributed by atoms with Gasteiger partial charge in [-0.05, 0) is 41.1 Å². The van der Waals surface area contributed by atoms with E-state index >= 15 is 0 Å². The van der Waals surface area contributed by atoms with E-state index in [9.17, 15) is 4.79 Å². The largest absolute Gasteiger partial charge is 0.436 e. The van der Waals surface area contributed by atoms with Gasteiger partial charge in [0.05, 0.1) is 12.5 Å². The first kappa shape index (κ1) is 21.8. The fourth-order valence-corrected chi connectivity index (χ4v) is 1.55. The number of anilines is 1. The fourth-order valence-electron chi connectivity index (χ4n) is 1.04. The van der Waals surface area contributed by atoms with E-state index in [1.807, 2.05) is 0 Å². The first-order valence-electron chi connectivity index (χ1n) is 5.89. The summed E-state index contributed by atoms with van der Waals surface area (Å²) in [6, 6.07) is 6.80. The first-order valence-corrected chi connectivity index (χ1v) is 9.71. The van der Waals surface area contributed by atoms with Crippen molar-refractivity contribution in [3.8, 4) is 11.8 Å². The van der Waals surface area contributed by atoms with Gasteiger partial charge < -0.3 is 4.74 Å². The molecule has 10 heteroatoms. The molecule has 0 aliphatic heterocycles. The van der Waals surface area contributed by atoms with Crippen LogP contribution >= 0.6 is 11.6 Å². The Hall–Kier alpha value is -1.18. The summed E-state index contributed by atoms with van der Waals surface area (Å²) in [5, 5.41) is 3.20. The lowest BCUT2D eigenvalue weighted by atomic mass is 10.3. The van der Waals surface area contributed by atoms with Gasteiger partial charge in [-0.1, -0.05) is 17.5 Å². The standard InChI is InChI=1S/C13H14ClNO2S.ClHO4/c1-18(2)10-4-3-9-17-13(16)15-12-7-5-11(14)6-8-12;2-1(3,4)5/h5-8H,9-10H2,1-2H3;(H,2,3,4,5). The van der Waals surface area contributed by atoms with Gasteiger partial charge in [-0.25, -0.2) is 23.4 Å². The summed E-state index contributed by atoms with van der Waals surface area (Å²) in [5.74, 6) is 6.58. The molecule has 7 nitrogen and oxygen atoms in total.